The van der Waals surface area contributed by atoms with Gasteiger partial charge in [0.05, 0.1) is 14.2 Å². The quantitative estimate of drug-likeness (QED) is 0.0259. The molecule has 0 spiro atoms. The zero-order valence-corrected chi connectivity index (χ0v) is 47.5. The minimum Gasteiger partial charge on any atom is -0.508 e. The van der Waals surface area contributed by atoms with Crippen LogP contribution in [0, 0.1) is 11.8 Å². The highest BCUT2D eigenvalue weighted by Crippen LogP contribution is 2.34. The second-order valence-electron chi connectivity index (χ2n) is 20.3. The van der Waals surface area contributed by atoms with Crippen molar-refractivity contribution in [2.45, 2.75) is 120 Å². The molecule has 1 aromatic heterocycles. The highest BCUT2D eigenvalue weighted by molar-refractivity contribution is 8.76. The molecule has 6 rings (SSSR count). The number of carbonyl (C=O) groups excluding carboxylic acids is 10. The molecule has 26 heteroatoms. The Morgan fingerprint density at radius 1 is 0.679 bits per heavy atom. The van der Waals surface area contributed by atoms with Crippen LogP contribution in [0.2, 0.25) is 0 Å². The normalized spacial score (nSPS) is 18.6. The Hall–Kier alpha value is -7.55. The van der Waals surface area contributed by atoms with Crippen molar-refractivity contribution >= 4 is 80.8 Å². The van der Waals surface area contributed by atoms with Crippen LogP contribution < -0.4 is 32.1 Å². The van der Waals surface area contributed by atoms with Crippen molar-refractivity contribution in [3.05, 3.63) is 95.7 Å². The summed E-state index contributed by atoms with van der Waals surface area (Å²) in [5.41, 5.74) is 7.48. The molecule has 436 valence electrons. The summed E-state index contributed by atoms with van der Waals surface area (Å²) in [6.45, 7) is 7.03. The van der Waals surface area contributed by atoms with Crippen LogP contribution in [-0.4, -0.2) is 165 Å². The summed E-state index contributed by atoms with van der Waals surface area (Å²) < 4.78 is 10.1. The lowest BCUT2D eigenvalue weighted by Gasteiger charge is -2.39. The van der Waals surface area contributed by atoms with Crippen LogP contribution in [0.1, 0.15) is 82.5 Å². The second kappa shape index (κ2) is 29.8. The predicted molar refractivity (Wildman–Crippen MR) is 297 cm³/mol. The van der Waals surface area contributed by atoms with Crippen LogP contribution >= 0.6 is 21.6 Å². The molecule has 3 aliphatic rings. The van der Waals surface area contributed by atoms with Gasteiger partial charge in [0, 0.05) is 74.8 Å². The number of carbonyl (C=O) groups is 10. The van der Waals surface area contributed by atoms with Crippen molar-refractivity contribution in [2.24, 2.45) is 11.8 Å². The number of ether oxygens (including phenoxy) is 2. The van der Waals surface area contributed by atoms with Gasteiger partial charge in [0.1, 0.15) is 52.8 Å². The average molecular weight is 1160 g/mol. The minimum atomic E-state index is -1.27. The minimum absolute atomic E-state index is 0.00669. The van der Waals surface area contributed by atoms with Gasteiger partial charge in [-0.1, -0.05) is 68.8 Å². The molecule has 2 saturated heterocycles. The van der Waals surface area contributed by atoms with Gasteiger partial charge in [-0.15, -0.1) is 0 Å². The van der Waals surface area contributed by atoms with Crippen LogP contribution in [0.3, 0.4) is 0 Å². The summed E-state index contributed by atoms with van der Waals surface area (Å²) in [7, 11) is 5.08. The number of hydrogen-bond acceptors (Lipinski definition) is 19. The zero-order valence-electron chi connectivity index (χ0n) is 45.9. The fourth-order valence-electron chi connectivity index (χ4n) is 9.33. The van der Waals surface area contributed by atoms with Gasteiger partial charge in [0.25, 0.3) is 23.6 Å². The topological polar surface area (TPSA) is 324 Å². The number of nitrogens with zero attached hydrogens (tertiary/aromatic N) is 4. The van der Waals surface area contributed by atoms with E-state index in [1.54, 1.807) is 70.2 Å². The molecule has 1 unspecified atom stereocenters. The van der Waals surface area contributed by atoms with E-state index in [9.17, 15) is 58.2 Å². The van der Waals surface area contributed by atoms with E-state index in [1.165, 1.54) is 70.1 Å². The molecule has 0 aliphatic carbocycles. The smallest absolute Gasteiger partial charge is 0.325 e. The molecule has 3 aromatic rings. The molecule has 4 heterocycles. The lowest BCUT2D eigenvalue weighted by molar-refractivity contribution is -0.152. The van der Waals surface area contributed by atoms with Gasteiger partial charge < -0.3 is 41.0 Å². The predicted octanol–water partition coefficient (Wildman–Crippen LogP) is 1.71. The third kappa shape index (κ3) is 17.7. The molecule has 81 heavy (non-hydrogen) atoms. The van der Waals surface area contributed by atoms with Gasteiger partial charge in [0.2, 0.25) is 23.6 Å². The first kappa shape index (κ1) is 62.6. The Morgan fingerprint density at radius 3 is 1.74 bits per heavy atom. The highest BCUT2D eigenvalue weighted by Gasteiger charge is 2.41. The number of hydrazine groups is 2. The third-order valence-electron chi connectivity index (χ3n) is 13.6. The van der Waals surface area contributed by atoms with Crippen LogP contribution in [0.5, 0.6) is 11.5 Å². The standard InChI is InChI=1S/C55H70N10O14S2/c1-31(2)47(59-42(68)21-24-63-45(70)18-19-46(63)71)50(72)58-41(30-34-12-8-14-36(67)28-34)53(75)65-25-20-37(49(62-65)55(77)79-6)38-15-9-17-44(56-38)81-80-26-22-43(69)60-48(32(3)4)51(73)57-40(29-33-11-7-13-35(66)27-33)52(74)64-23-10-16-39(61-64)54(76)78-5/h7-9,11-15,17-19,27-28,31-32,37,39-41,47-49,61-62,66-67H,10,16,20-26,29-30H2,1-6H3,(H,57,73)(H,58,72)(H,59,68)(H,60,69)/t37?,39-,40-,41-,47-,48-,49-/m0/s1. The molecule has 7 atom stereocenters. The maximum atomic E-state index is 14.5. The molecular weight excluding hydrogens is 1090 g/mol. The number of esters is 2. The van der Waals surface area contributed by atoms with Crippen molar-refractivity contribution in [1.82, 2.24) is 52.0 Å². The number of hydrogen-bond donors (Lipinski definition) is 8. The SMILES string of the molecule is COC(=O)[C@@H]1CCCN(C(=O)[C@H](Cc2cccc(O)c2)NC(=O)[C@@H](NC(=O)CCSSc2cccc(C3CCN(C(=O)[C@H](Cc4cccc(O)c4)NC(=O)[C@@H](NC(=O)CCN4C(=O)C=CC4=O)C(C)C)N[C@@H]3C(=O)OC)n2)C(C)C)N1. The Kier molecular flexibility index (Phi) is 23.0. The molecule has 3 aliphatic heterocycles. The summed E-state index contributed by atoms with van der Waals surface area (Å²) in [5, 5.41) is 34.5. The van der Waals surface area contributed by atoms with Gasteiger partial charge >= 0.3 is 11.9 Å². The first-order chi connectivity index (χ1) is 38.6. The lowest BCUT2D eigenvalue weighted by atomic mass is 9.90. The molecular formula is C55H70N10O14S2. The summed E-state index contributed by atoms with van der Waals surface area (Å²) in [6.07, 6.45) is 3.04. The summed E-state index contributed by atoms with van der Waals surface area (Å²) >= 11 is 0. The first-order valence-electron chi connectivity index (χ1n) is 26.5. The Morgan fingerprint density at radius 2 is 1.21 bits per heavy atom. The average Bonchev–Trinajstić information content (AvgIpc) is 3.82. The van der Waals surface area contributed by atoms with E-state index in [0.717, 1.165) is 17.1 Å². The van der Waals surface area contributed by atoms with E-state index in [-0.39, 0.29) is 69.2 Å². The summed E-state index contributed by atoms with van der Waals surface area (Å²) in [4.78, 5) is 138. The molecule has 2 fully saturated rings. The molecule has 0 bridgehead atoms. The largest absolute Gasteiger partial charge is 0.508 e. The number of rotatable bonds is 25. The molecule has 0 radical (unpaired) electrons. The number of nitrogens with one attached hydrogen (secondary N) is 6. The molecule has 0 saturated carbocycles. The number of pyridine rings is 1. The van der Waals surface area contributed by atoms with Crippen molar-refractivity contribution < 1.29 is 67.6 Å². The summed E-state index contributed by atoms with van der Waals surface area (Å²) in [6, 6.07) is 11.3. The molecule has 8 N–H and O–H groups in total. The number of phenols is 2. The number of phenolic OH excluding ortho intramolecular Hbond substituents is 2. The first-order valence-corrected chi connectivity index (χ1v) is 28.8. The Balaban J connectivity index is 1.06. The third-order valence-corrected chi connectivity index (χ3v) is 15.9. The second-order valence-corrected chi connectivity index (χ2v) is 22.7. The summed E-state index contributed by atoms with van der Waals surface area (Å²) in [5.74, 6) is -7.05. The maximum Gasteiger partial charge on any atom is 0.325 e. The fourth-order valence-corrected chi connectivity index (χ4v) is 11.2. The fraction of sp³-hybridized carbons (Fsp3) is 0.473. The number of methoxy groups -OCH3 is 2. The van der Waals surface area contributed by atoms with Crippen molar-refractivity contribution in [3.8, 4) is 11.5 Å². The number of imide groups is 1. The monoisotopic (exact) mass is 1160 g/mol. The maximum absolute atomic E-state index is 14.5. The number of aromatic nitrogens is 1. The van der Waals surface area contributed by atoms with Crippen LogP contribution in [0.15, 0.2) is 83.9 Å². The van der Waals surface area contributed by atoms with Gasteiger partial charge in [-0.3, -0.25) is 62.9 Å². The van der Waals surface area contributed by atoms with Crippen LogP contribution in [-0.2, 0) is 70.3 Å². The lowest BCUT2D eigenvalue weighted by Crippen LogP contribution is -2.63. The van der Waals surface area contributed by atoms with Crippen molar-refractivity contribution in [3.63, 3.8) is 0 Å². The molecule has 24 nitrogen and oxygen atoms in total. The van der Waals surface area contributed by atoms with Gasteiger partial charge in [0.15, 0.2) is 0 Å². The van der Waals surface area contributed by atoms with Crippen LogP contribution in [0.4, 0.5) is 0 Å². The van der Waals surface area contributed by atoms with E-state index >= 15 is 0 Å². The highest BCUT2D eigenvalue weighted by atomic mass is 33.1. The Labute approximate surface area is 477 Å². The van der Waals surface area contributed by atoms with Crippen LogP contribution in [0.25, 0.3) is 0 Å². The molecule has 2 aromatic carbocycles. The van der Waals surface area contributed by atoms with E-state index in [4.69, 9.17) is 14.5 Å². The van der Waals surface area contributed by atoms with E-state index in [1.807, 2.05) is 0 Å². The van der Waals surface area contributed by atoms with E-state index in [0.29, 0.717) is 40.4 Å². The number of amides is 8. The number of benzene rings is 2. The molecule has 8 amide bonds. The Bertz CT molecular complexity index is 2820. The van der Waals surface area contributed by atoms with Gasteiger partial charge in [-0.05, 0) is 89.4 Å². The van der Waals surface area contributed by atoms with Crippen molar-refractivity contribution in [2.75, 3.05) is 39.6 Å². The van der Waals surface area contributed by atoms with Gasteiger partial charge in [-0.25, -0.2) is 15.8 Å². The van der Waals surface area contributed by atoms with Crippen molar-refractivity contribution in [1.29, 1.82) is 0 Å². The van der Waals surface area contributed by atoms with E-state index < -0.39 is 107 Å². The van der Waals surface area contributed by atoms with E-state index in [2.05, 4.69) is 32.1 Å². The number of aromatic hydroxyl groups is 2. The van der Waals surface area contributed by atoms with Gasteiger partial charge in [-0.2, -0.15) is 0 Å². The zero-order chi connectivity index (χ0) is 58.9.